The van der Waals surface area contributed by atoms with Gasteiger partial charge in [-0.2, -0.15) is 0 Å². The number of ether oxygens (including phenoxy) is 1. The lowest BCUT2D eigenvalue weighted by Crippen LogP contribution is -2.11. The first-order valence-electron chi connectivity index (χ1n) is 7.07. The van der Waals surface area contributed by atoms with Gasteiger partial charge >= 0.3 is 0 Å². The van der Waals surface area contributed by atoms with Gasteiger partial charge in [-0.25, -0.2) is 0 Å². The number of ketones is 1. The normalized spacial score (nSPS) is 13.1. The number of carbonyl (C=O) groups is 1. The third-order valence-electron chi connectivity index (χ3n) is 3.78. The highest BCUT2D eigenvalue weighted by atomic mass is 16.5. The molecule has 2 aromatic rings. The molecule has 0 amide bonds. The van der Waals surface area contributed by atoms with Crippen molar-refractivity contribution in [2.24, 2.45) is 0 Å². The Labute approximate surface area is 119 Å². The van der Waals surface area contributed by atoms with E-state index >= 15 is 0 Å². The Morgan fingerprint density at radius 3 is 2.80 bits per heavy atom. The van der Waals surface area contributed by atoms with Crippen molar-refractivity contribution >= 4 is 5.78 Å². The third-order valence-corrected chi connectivity index (χ3v) is 3.78. The molecule has 1 aliphatic rings. The van der Waals surface area contributed by atoms with E-state index in [1.54, 1.807) is 0 Å². The summed E-state index contributed by atoms with van der Waals surface area (Å²) in [5.41, 5.74) is 4.59. The smallest absolute Gasteiger partial charge is 0.200 e. The molecular weight excluding hydrogens is 248 g/mol. The van der Waals surface area contributed by atoms with Crippen LogP contribution in [0, 0.1) is 6.92 Å². The summed E-state index contributed by atoms with van der Waals surface area (Å²) in [4.78, 5) is 12.1. The van der Waals surface area contributed by atoms with E-state index in [1.165, 1.54) is 17.5 Å². The van der Waals surface area contributed by atoms with Crippen LogP contribution in [0.5, 0.6) is 5.75 Å². The van der Waals surface area contributed by atoms with Crippen LogP contribution in [0.2, 0.25) is 0 Å². The standard InChI is InChI=1S/C18H18O2/c1-13-4-2-7-16(10-13)18(19)12-20-17-9-8-14-5-3-6-15(14)11-17/h2,4,7-11H,3,5-6,12H2,1H3. The molecule has 102 valence electrons. The van der Waals surface area contributed by atoms with E-state index in [0.29, 0.717) is 5.56 Å². The maximum Gasteiger partial charge on any atom is 0.200 e. The highest BCUT2D eigenvalue weighted by molar-refractivity contribution is 5.97. The Morgan fingerprint density at radius 1 is 1.10 bits per heavy atom. The quantitative estimate of drug-likeness (QED) is 0.788. The highest BCUT2D eigenvalue weighted by Gasteiger charge is 2.12. The van der Waals surface area contributed by atoms with Crippen LogP contribution >= 0.6 is 0 Å². The molecule has 0 unspecified atom stereocenters. The molecule has 20 heavy (non-hydrogen) atoms. The summed E-state index contributed by atoms with van der Waals surface area (Å²) in [7, 11) is 0. The average Bonchev–Trinajstić information content (AvgIpc) is 2.92. The second-order valence-electron chi connectivity index (χ2n) is 5.37. The molecule has 2 nitrogen and oxygen atoms in total. The zero-order chi connectivity index (χ0) is 13.9. The SMILES string of the molecule is Cc1cccc(C(=O)COc2ccc3c(c2)CCC3)c1. The summed E-state index contributed by atoms with van der Waals surface area (Å²) in [6.45, 7) is 2.08. The molecule has 0 bridgehead atoms. The van der Waals surface area contributed by atoms with Crippen LogP contribution in [0.3, 0.4) is 0 Å². The fourth-order valence-electron chi connectivity index (χ4n) is 2.69. The van der Waals surface area contributed by atoms with Crippen LogP contribution in [0.4, 0.5) is 0 Å². The molecule has 3 rings (SSSR count). The largest absolute Gasteiger partial charge is 0.485 e. The lowest BCUT2D eigenvalue weighted by molar-refractivity contribution is 0.0921. The molecule has 0 aliphatic heterocycles. The molecule has 0 spiro atoms. The van der Waals surface area contributed by atoms with Crippen LogP contribution in [0.1, 0.15) is 33.5 Å². The number of hydrogen-bond acceptors (Lipinski definition) is 2. The lowest BCUT2D eigenvalue weighted by atomic mass is 10.1. The van der Waals surface area contributed by atoms with Crippen LogP contribution in [0.15, 0.2) is 42.5 Å². The maximum atomic E-state index is 12.1. The summed E-state index contributed by atoms with van der Waals surface area (Å²) in [6.07, 6.45) is 3.51. The number of fused-ring (bicyclic) bond motifs is 1. The van der Waals surface area contributed by atoms with Crippen LogP contribution in [-0.2, 0) is 12.8 Å². The van der Waals surface area contributed by atoms with Crippen molar-refractivity contribution in [2.75, 3.05) is 6.61 Å². The van der Waals surface area contributed by atoms with E-state index in [0.717, 1.165) is 24.2 Å². The highest BCUT2D eigenvalue weighted by Crippen LogP contribution is 2.26. The average molecular weight is 266 g/mol. The van der Waals surface area contributed by atoms with Gasteiger partial charge in [-0.1, -0.05) is 29.8 Å². The summed E-state index contributed by atoms with van der Waals surface area (Å²) in [6, 6.07) is 13.8. The Kier molecular flexibility index (Phi) is 3.55. The molecule has 0 N–H and O–H groups in total. The van der Waals surface area contributed by atoms with Gasteiger partial charge in [0.1, 0.15) is 5.75 Å². The van der Waals surface area contributed by atoms with Crippen LogP contribution in [0.25, 0.3) is 0 Å². The fourth-order valence-corrected chi connectivity index (χ4v) is 2.69. The van der Waals surface area contributed by atoms with Crippen molar-refractivity contribution < 1.29 is 9.53 Å². The molecule has 0 saturated carbocycles. The maximum absolute atomic E-state index is 12.1. The Bertz CT molecular complexity index is 644. The molecular formula is C18H18O2. The summed E-state index contributed by atoms with van der Waals surface area (Å²) >= 11 is 0. The number of aryl methyl sites for hydroxylation is 3. The molecule has 0 fully saturated rings. The monoisotopic (exact) mass is 266 g/mol. The van der Waals surface area contributed by atoms with Gasteiger partial charge in [-0.15, -0.1) is 0 Å². The van der Waals surface area contributed by atoms with Gasteiger partial charge in [0.15, 0.2) is 12.4 Å². The number of carbonyl (C=O) groups excluding carboxylic acids is 1. The molecule has 0 aromatic heterocycles. The first-order valence-corrected chi connectivity index (χ1v) is 7.07. The Morgan fingerprint density at radius 2 is 1.95 bits per heavy atom. The Hall–Kier alpha value is -2.09. The third kappa shape index (κ3) is 2.74. The number of benzene rings is 2. The molecule has 1 aliphatic carbocycles. The zero-order valence-electron chi connectivity index (χ0n) is 11.7. The molecule has 0 radical (unpaired) electrons. The molecule has 0 saturated heterocycles. The summed E-state index contributed by atoms with van der Waals surface area (Å²) in [5.74, 6) is 0.820. The fraction of sp³-hybridized carbons (Fsp3) is 0.278. The predicted molar refractivity (Wildman–Crippen MR) is 79.5 cm³/mol. The molecule has 2 heteroatoms. The minimum Gasteiger partial charge on any atom is -0.485 e. The lowest BCUT2D eigenvalue weighted by Gasteiger charge is -2.08. The topological polar surface area (TPSA) is 26.3 Å². The minimum absolute atomic E-state index is 0.0224. The van der Waals surface area contributed by atoms with Crippen molar-refractivity contribution in [2.45, 2.75) is 26.2 Å². The first kappa shape index (κ1) is 12.9. The summed E-state index contributed by atoms with van der Waals surface area (Å²) in [5, 5.41) is 0. The van der Waals surface area contributed by atoms with Gasteiger partial charge in [0.05, 0.1) is 0 Å². The van der Waals surface area contributed by atoms with Gasteiger partial charge in [0, 0.05) is 5.56 Å². The van der Waals surface area contributed by atoms with Crippen molar-refractivity contribution in [1.29, 1.82) is 0 Å². The van der Waals surface area contributed by atoms with Crippen molar-refractivity contribution in [3.05, 3.63) is 64.7 Å². The van der Waals surface area contributed by atoms with Crippen molar-refractivity contribution in [3.8, 4) is 5.75 Å². The van der Waals surface area contributed by atoms with Gasteiger partial charge in [0.2, 0.25) is 0 Å². The van der Waals surface area contributed by atoms with Crippen LogP contribution < -0.4 is 4.74 Å². The van der Waals surface area contributed by atoms with E-state index in [4.69, 9.17) is 4.74 Å². The minimum atomic E-state index is 0.0224. The van der Waals surface area contributed by atoms with Crippen molar-refractivity contribution in [3.63, 3.8) is 0 Å². The van der Waals surface area contributed by atoms with Crippen LogP contribution in [-0.4, -0.2) is 12.4 Å². The zero-order valence-corrected chi connectivity index (χ0v) is 11.7. The second kappa shape index (κ2) is 5.49. The van der Waals surface area contributed by atoms with Gasteiger partial charge < -0.3 is 4.74 Å². The molecule has 2 aromatic carbocycles. The van der Waals surface area contributed by atoms with E-state index < -0.39 is 0 Å². The number of Topliss-reactive ketones (excluding diaryl/α,β-unsaturated/α-hetero) is 1. The van der Waals surface area contributed by atoms with Gasteiger partial charge in [-0.3, -0.25) is 4.79 Å². The summed E-state index contributed by atoms with van der Waals surface area (Å²) < 4.78 is 5.64. The number of hydrogen-bond donors (Lipinski definition) is 0. The second-order valence-corrected chi connectivity index (χ2v) is 5.37. The first-order chi connectivity index (χ1) is 9.72. The van der Waals surface area contributed by atoms with Crippen molar-refractivity contribution in [1.82, 2.24) is 0 Å². The Balaban J connectivity index is 1.66. The predicted octanol–water partition coefficient (Wildman–Crippen LogP) is 3.75. The van der Waals surface area contributed by atoms with E-state index in [9.17, 15) is 4.79 Å². The van der Waals surface area contributed by atoms with E-state index in [1.807, 2.05) is 37.3 Å². The van der Waals surface area contributed by atoms with Gasteiger partial charge in [-0.05, 0) is 55.5 Å². The van der Waals surface area contributed by atoms with Gasteiger partial charge in [0.25, 0.3) is 0 Å². The van der Waals surface area contributed by atoms with E-state index in [2.05, 4.69) is 12.1 Å². The molecule has 0 atom stereocenters. The van der Waals surface area contributed by atoms with E-state index in [-0.39, 0.29) is 12.4 Å². The number of rotatable bonds is 4. The molecule has 0 heterocycles.